The third-order valence-corrected chi connectivity index (χ3v) is 6.76. The van der Waals surface area contributed by atoms with Gasteiger partial charge in [0.25, 0.3) is 0 Å². The standard InChI is InChI=1S/C16H26O5S/c1-10(2)5-6-12-14(3,18)16(20)13(21-4)11(17)7-8-15(16,19)9-22-12/h5,12-13,18-20H,6-9H2,1-4H3/t12-,13+,14-,15-,16-/m0/s1. The second kappa shape index (κ2) is 5.91. The maximum atomic E-state index is 12.2. The smallest absolute Gasteiger partial charge is 0.164 e. The molecule has 1 aliphatic heterocycles. The lowest BCUT2D eigenvalue weighted by Crippen LogP contribution is -2.81. The predicted molar refractivity (Wildman–Crippen MR) is 85.9 cm³/mol. The Bertz CT molecular complexity index is 485. The van der Waals surface area contributed by atoms with Gasteiger partial charge in [-0.15, -0.1) is 0 Å². The summed E-state index contributed by atoms with van der Waals surface area (Å²) < 4.78 is 5.21. The first-order chi connectivity index (χ1) is 10.1. The second-order valence-corrected chi connectivity index (χ2v) is 8.04. The molecule has 0 spiro atoms. The van der Waals surface area contributed by atoms with E-state index in [2.05, 4.69) is 0 Å². The van der Waals surface area contributed by atoms with E-state index in [4.69, 9.17) is 4.74 Å². The van der Waals surface area contributed by atoms with E-state index in [1.54, 1.807) is 0 Å². The molecule has 6 heteroatoms. The van der Waals surface area contributed by atoms with Crippen LogP contribution in [0.2, 0.25) is 0 Å². The van der Waals surface area contributed by atoms with Crippen molar-refractivity contribution in [1.82, 2.24) is 0 Å². The summed E-state index contributed by atoms with van der Waals surface area (Å²) in [5.41, 5.74) is -4.06. The van der Waals surface area contributed by atoms with Gasteiger partial charge in [-0.3, -0.25) is 4.79 Å². The van der Waals surface area contributed by atoms with Crippen molar-refractivity contribution in [3.63, 3.8) is 0 Å². The van der Waals surface area contributed by atoms with Gasteiger partial charge in [-0.05, 0) is 33.6 Å². The Balaban J connectivity index is 2.45. The van der Waals surface area contributed by atoms with Crippen LogP contribution in [0.4, 0.5) is 0 Å². The van der Waals surface area contributed by atoms with Gasteiger partial charge in [0.05, 0.1) is 0 Å². The first-order valence-corrected chi connectivity index (χ1v) is 8.62. The third-order valence-electron chi connectivity index (χ3n) is 5.06. The Labute approximate surface area is 135 Å². The number of aliphatic hydroxyl groups is 3. The van der Waals surface area contributed by atoms with E-state index in [1.165, 1.54) is 25.8 Å². The van der Waals surface area contributed by atoms with Crippen LogP contribution in [-0.2, 0) is 9.53 Å². The molecule has 126 valence electrons. The first-order valence-electron chi connectivity index (χ1n) is 7.58. The molecule has 5 nitrogen and oxygen atoms in total. The monoisotopic (exact) mass is 330 g/mol. The first kappa shape index (κ1) is 17.9. The summed E-state index contributed by atoms with van der Waals surface area (Å²) in [4.78, 5) is 12.2. The zero-order valence-corrected chi connectivity index (χ0v) is 14.4. The number of ketones is 1. The van der Waals surface area contributed by atoms with Crippen molar-refractivity contribution in [3.05, 3.63) is 11.6 Å². The van der Waals surface area contributed by atoms with Gasteiger partial charge in [0.1, 0.15) is 17.3 Å². The fourth-order valence-corrected chi connectivity index (χ4v) is 5.21. The molecule has 2 aliphatic rings. The Hall–Kier alpha value is -0.400. The van der Waals surface area contributed by atoms with Crippen molar-refractivity contribution in [3.8, 4) is 0 Å². The van der Waals surface area contributed by atoms with Crippen molar-refractivity contribution in [2.75, 3.05) is 12.9 Å². The highest BCUT2D eigenvalue weighted by Crippen LogP contribution is 2.54. The van der Waals surface area contributed by atoms with E-state index in [9.17, 15) is 20.1 Å². The molecule has 0 bridgehead atoms. The molecule has 1 aliphatic carbocycles. The van der Waals surface area contributed by atoms with Gasteiger partial charge >= 0.3 is 0 Å². The quantitative estimate of drug-likeness (QED) is 0.671. The van der Waals surface area contributed by atoms with Crippen LogP contribution in [0, 0.1) is 0 Å². The van der Waals surface area contributed by atoms with Crippen LogP contribution in [-0.4, -0.2) is 62.1 Å². The van der Waals surface area contributed by atoms with Crippen LogP contribution in [0.15, 0.2) is 11.6 Å². The van der Waals surface area contributed by atoms with E-state index >= 15 is 0 Å². The molecule has 2 rings (SSSR count). The number of methoxy groups -OCH3 is 1. The van der Waals surface area contributed by atoms with Crippen molar-refractivity contribution < 1.29 is 24.9 Å². The minimum atomic E-state index is -2.00. The Kier molecular flexibility index (Phi) is 4.82. The Morgan fingerprint density at radius 2 is 2.05 bits per heavy atom. The lowest BCUT2D eigenvalue weighted by atomic mass is 9.60. The van der Waals surface area contributed by atoms with E-state index in [0.717, 1.165) is 5.57 Å². The number of hydrogen-bond acceptors (Lipinski definition) is 6. The van der Waals surface area contributed by atoms with Crippen molar-refractivity contribution >= 4 is 17.5 Å². The van der Waals surface area contributed by atoms with E-state index in [-0.39, 0.29) is 29.6 Å². The maximum Gasteiger partial charge on any atom is 0.164 e. The number of thioether (sulfide) groups is 1. The molecule has 3 N–H and O–H groups in total. The molecule has 0 aromatic rings. The Morgan fingerprint density at radius 3 is 2.59 bits per heavy atom. The van der Waals surface area contributed by atoms with Gasteiger partial charge in [-0.2, -0.15) is 11.8 Å². The molecule has 0 radical (unpaired) electrons. The molecule has 1 saturated carbocycles. The number of Topliss-reactive ketones (excluding diaryl/α,β-unsaturated/α-hetero) is 1. The van der Waals surface area contributed by atoms with Gasteiger partial charge in [0.2, 0.25) is 0 Å². The zero-order valence-electron chi connectivity index (χ0n) is 13.6. The van der Waals surface area contributed by atoms with Crippen LogP contribution < -0.4 is 0 Å². The van der Waals surface area contributed by atoms with Crippen LogP contribution in [0.1, 0.15) is 40.0 Å². The number of hydrogen-bond donors (Lipinski definition) is 3. The predicted octanol–water partition coefficient (Wildman–Crippen LogP) is 1.05. The van der Waals surface area contributed by atoms with Crippen LogP contribution in [0.5, 0.6) is 0 Å². The van der Waals surface area contributed by atoms with Gasteiger partial charge in [0, 0.05) is 24.5 Å². The highest BCUT2D eigenvalue weighted by Gasteiger charge is 2.71. The van der Waals surface area contributed by atoms with Crippen LogP contribution >= 0.6 is 11.8 Å². The average molecular weight is 330 g/mol. The fraction of sp³-hybridized carbons (Fsp3) is 0.812. The molecule has 1 saturated heterocycles. The maximum absolute atomic E-state index is 12.2. The zero-order chi connectivity index (χ0) is 16.8. The number of carbonyl (C=O) groups excluding carboxylic acids is 1. The molecule has 5 atom stereocenters. The van der Waals surface area contributed by atoms with Gasteiger partial charge < -0.3 is 20.1 Å². The third kappa shape index (κ3) is 2.45. The highest BCUT2D eigenvalue weighted by atomic mass is 32.2. The lowest BCUT2D eigenvalue weighted by Gasteiger charge is -2.61. The van der Waals surface area contributed by atoms with Crippen molar-refractivity contribution in [2.24, 2.45) is 0 Å². The second-order valence-electron chi connectivity index (χ2n) is 6.84. The minimum Gasteiger partial charge on any atom is -0.386 e. The Morgan fingerprint density at radius 1 is 1.41 bits per heavy atom. The van der Waals surface area contributed by atoms with E-state index in [1.807, 2.05) is 19.9 Å². The molecule has 2 fully saturated rings. The largest absolute Gasteiger partial charge is 0.386 e. The van der Waals surface area contributed by atoms with Crippen LogP contribution in [0.25, 0.3) is 0 Å². The molecular weight excluding hydrogens is 304 g/mol. The van der Waals surface area contributed by atoms with E-state index in [0.29, 0.717) is 6.42 Å². The summed E-state index contributed by atoms with van der Waals surface area (Å²) in [5, 5.41) is 33.0. The summed E-state index contributed by atoms with van der Waals surface area (Å²) in [6, 6.07) is 0. The number of allylic oxidation sites excluding steroid dienone is 2. The lowest BCUT2D eigenvalue weighted by molar-refractivity contribution is -0.284. The molecule has 0 amide bonds. The van der Waals surface area contributed by atoms with Crippen LogP contribution in [0.3, 0.4) is 0 Å². The summed E-state index contributed by atoms with van der Waals surface area (Å²) in [6.07, 6.45) is 1.62. The summed E-state index contributed by atoms with van der Waals surface area (Å²) in [5.74, 6) is -0.00329. The SMILES string of the molecule is CO[C@@H]1C(=O)CC[C@]2(O)CS[C@@H](CC=C(C)C)[C@](C)(O)[C@@]12O. The van der Waals surface area contributed by atoms with Gasteiger partial charge in [-0.25, -0.2) is 0 Å². The van der Waals surface area contributed by atoms with E-state index < -0.39 is 22.9 Å². The number of ether oxygens (including phenoxy) is 1. The normalized spacial score (nSPS) is 45.3. The molecular formula is C16H26O5S. The highest BCUT2D eigenvalue weighted by molar-refractivity contribution is 8.00. The van der Waals surface area contributed by atoms with Crippen molar-refractivity contribution in [1.29, 1.82) is 0 Å². The molecule has 0 aromatic heterocycles. The summed E-state index contributed by atoms with van der Waals surface area (Å²) in [6.45, 7) is 5.43. The topological polar surface area (TPSA) is 87.0 Å². The summed E-state index contributed by atoms with van der Waals surface area (Å²) >= 11 is 1.44. The average Bonchev–Trinajstić information content (AvgIpc) is 2.42. The molecule has 0 unspecified atom stereocenters. The fourth-order valence-electron chi connectivity index (χ4n) is 3.64. The molecule has 0 aromatic carbocycles. The van der Waals surface area contributed by atoms with Gasteiger partial charge in [-0.1, -0.05) is 11.6 Å². The summed E-state index contributed by atoms with van der Waals surface area (Å²) in [7, 11) is 1.33. The van der Waals surface area contributed by atoms with Crippen molar-refractivity contribution in [2.45, 2.75) is 68.2 Å². The molecule has 22 heavy (non-hydrogen) atoms. The van der Waals surface area contributed by atoms with Gasteiger partial charge in [0.15, 0.2) is 11.4 Å². The number of rotatable bonds is 3. The number of carbonyl (C=O) groups is 1. The number of fused-ring (bicyclic) bond motifs is 1. The molecule has 1 heterocycles. The minimum absolute atomic E-state index is 0.140.